The first-order valence-electron chi connectivity index (χ1n) is 6.62. The molecule has 2 nitrogen and oxygen atoms in total. The molecule has 0 aromatic rings. The van der Waals surface area contributed by atoms with Crippen LogP contribution in [0.2, 0.25) is 5.82 Å². The molecule has 0 aromatic carbocycles. The number of hydrogen-bond acceptors (Lipinski definition) is 2. The number of rotatable bonds is 8. The standard InChI is InChI=1S/C11H25B2FO2S/c1-4-6-8-9(7-5-2)10(12)11(3,13)17(14,15)16/h9-10H,4-8,12-13H2,1-3H3. The van der Waals surface area contributed by atoms with Crippen LogP contribution in [0.5, 0.6) is 0 Å². The van der Waals surface area contributed by atoms with Gasteiger partial charge in [-0.25, -0.2) is 0 Å². The van der Waals surface area contributed by atoms with Gasteiger partial charge in [-0.1, -0.05) is 58.7 Å². The fraction of sp³-hybridized carbons (Fsp3) is 1.00. The van der Waals surface area contributed by atoms with Gasteiger partial charge in [0, 0.05) is 0 Å². The van der Waals surface area contributed by atoms with Gasteiger partial charge in [0.15, 0.2) is 0 Å². The maximum absolute atomic E-state index is 13.3. The van der Waals surface area contributed by atoms with E-state index < -0.39 is 14.9 Å². The average molecular weight is 262 g/mol. The molecule has 3 unspecified atom stereocenters. The summed E-state index contributed by atoms with van der Waals surface area (Å²) in [5.41, 5.74) is 0. The molecule has 0 heterocycles. The lowest BCUT2D eigenvalue weighted by molar-refractivity contribution is 0.380. The van der Waals surface area contributed by atoms with Crippen LogP contribution in [0.15, 0.2) is 0 Å². The van der Waals surface area contributed by atoms with Crippen LogP contribution in [0.1, 0.15) is 52.9 Å². The first-order valence-corrected chi connectivity index (χ1v) is 8.01. The van der Waals surface area contributed by atoms with E-state index >= 15 is 0 Å². The highest BCUT2D eigenvalue weighted by Crippen LogP contribution is 2.38. The van der Waals surface area contributed by atoms with Crippen molar-refractivity contribution in [2.24, 2.45) is 5.92 Å². The Morgan fingerprint density at radius 3 is 2.12 bits per heavy atom. The van der Waals surface area contributed by atoms with E-state index in [0.717, 1.165) is 32.1 Å². The van der Waals surface area contributed by atoms with Crippen LogP contribution in [-0.2, 0) is 10.2 Å². The Balaban J connectivity index is 4.87. The van der Waals surface area contributed by atoms with Gasteiger partial charge in [0.1, 0.15) is 15.7 Å². The molecule has 100 valence electrons. The van der Waals surface area contributed by atoms with Gasteiger partial charge in [-0.3, -0.25) is 0 Å². The van der Waals surface area contributed by atoms with Crippen LogP contribution in [0.3, 0.4) is 0 Å². The Hall–Kier alpha value is 0.00987. The third-order valence-corrected chi connectivity index (χ3v) is 5.65. The van der Waals surface area contributed by atoms with Crippen molar-refractivity contribution in [3.05, 3.63) is 0 Å². The Morgan fingerprint density at radius 2 is 1.76 bits per heavy atom. The van der Waals surface area contributed by atoms with Gasteiger partial charge in [0.25, 0.3) is 10.2 Å². The molecule has 0 aliphatic rings. The van der Waals surface area contributed by atoms with E-state index in [1.54, 1.807) is 0 Å². The van der Waals surface area contributed by atoms with Crippen molar-refractivity contribution in [1.29, 1.82) is 0 Å². The molecule has 0 amide bonds. The van der Waals surface area contributed by atoms with Gasteiger partial charge < -0.3 is 0 Å². The molecule has 0 fully saturated rings. The predicted octanol–water partition coefficient (Wildman–Crippen LogP) is 1.66. The second-order valence-corrected chi connectivity index (χ2v) is 7.45. The lowest BCUT2D eigenvalue weighted by Gasteiger charge is -2.34. The second-order valence-electron chi connectivity index (χ2n) is 5.52. The largest absolute Gasteiger partial charge is 0.299 e. The Morgan fingerprint density at radius 1 is 1.24 bits per heavy atom. The molecule has 0 aliphatic carbocycles. The van der Waals surface area contributed by atoms with E-state index in [1.807, 2.05) is 7.85 Å². The molecular formula is C11H25B2FO2S. The monoisotopic (exact) mass is 262 g/mol. The molecule has 0 spiro atoms. The summed E-state index contributed by atoms with van der Waals surface area (Å²) in [7, 11) is -1.12. The van der Waals surface area contributed by atoms with Gasteiger partial charge in [-0.2, -0.15) is 8.42 Å². The molecule has 0 rings (SSSR count). The molecule has 0 saturated heterocycles. The smallest absolute Gasteiger partial charge is 0.195 e. The van der Waals surface area contributed by atoms with Crippen molar-refractivity contribution in [2.45, 2.75) is 63.3 Å². The second kappa shape index (κ2) is 6.81. The van der Waals surface area contributed by atoms with E-state index in [-0.39, 0.29) is 5.82 Å². The zero-order valence-corrected chi connectivity index (χ0v) is 12.6. The third-order valence-electron chi connectivity index (χ3n) is 4.02. The van der Waals surface area contributed by atoms with E-state index in [9.17, 15) is 12.3 Å². The van der Waals surface area contributed by atoms with Crippen molar-refractivity contribution in [2.75, 3.05) is 0 Å². The van der Waals surface area contributed by atoms with Crippen molar-refractivity contribution in [1.82, 2.24) is 0 Å². The summed E-state index contributed by atoms with van der Waals surface area (Å²) in [6.07, 6.45) is 5.15. The highest BCUT2D eigenvalue weighted by molar-refractivity contribution is 7.89. The quantitative estimate of drug-likeness (QED) is 0.492. The van der Waals surface area contributed by atoms with Gasteiger partial charge in [-0.15, -0.1) is 3.89 Å². The Kier molecular flexibility index (Phi) is 6.82. The van der Waals surface area contributed by atoms with Gasteiger partial charge in [0.05, 0.1) is 4.65 Å². The van der Waals surface area contributed by atoms with Crippen LogP contribution in [-0.4, -0.2) is 28.8 Å². The lowest BCUT2D eigenvalue weighted by Crippen LogP contribution is -2.41. The SMILES string of the molecule is BC(C(CCC)CCCC)C(B)(C)S(=O)(=O)F. The number of halogens is 1. The minimum absolute atomic E-state index is 0.149. The summed E-state index contributed by atoms with van der Waals surface area (Å²) < 4.78 is 34.5. The van der Waals surface area contributed by atoms with Crippen molar-refractivity contribution in [3.63, 3.8) is 0 Å². The molecule has 3 atom stereocenters. The average Bonchev–Trinajstić information content (AvgIpc) is 2.21. The molecule has 0 aromatic heterocycles. The Bertz CT molecular complexity index is 317. The first kappa shape index (κ1) is 17.0. The highest BCUT2D eigenvalue weighted by atomic mass is 32.3. The van der Waals surface area contributed by atoms with E-state index in [1.165, 1.54) is 14.8 Å². The van der Waals surface area contributed by atoms with Crippen molar-refractivity contribution < 1.29 is 12.3 Å². The lowest BCUT2D eigenvalue weighted by atomic mass is 9.59. The maximum Gasteiger partial charge on any atom is 0.299 e. The molecular weight excluding hydrogens is 237 g/mol. The third kappa shape index (κ3) is 4.64. The summed E-state index contributed by atoms with van der Waals surface area (Å²) in [5.74, 6) is 0.143. The summed E-state index contributed by atoms with van der Waals surface area (Å²) >= 11 is 0. The summed E-state index contributed by atoms with van der Waals surface area (Å²) in [6, 6.07) is 0. The van der Waals surface area contributed by atoms with Crippen molar-refractivity contribution in [3.8, 4) is 0 Å². The van der Waals surface area contributed by atoms with Crippen LogP contribution < -0.4 is 0 Å². The molecule has 0 N–H and O–H groups in total. The zero-order chi connectivity index (χ0) is 13.7. The molecule has 0 radical (unpaired) electrons. The highest BCUT2D eigenvalue weighted by Gasteiger charge is 2.42. The summed E-state index contributed by atoms with van der Waals surface area (Å²) in [6.45, 7) is 5.70. The van der Waals surface area contributed by atoms with Crippen LogP contribution in [0, 0.1) is 5.92 Å². The zero-order valence-electron chi connectivity index (χ0n) is 11.8. The van der Waals surface area contributed by atoms with Crippen LogP contribution >= 0.6 is 0 Å². The van der Waals surface area contributed by atoms with E-state index in [0.29, 0.717) is 5.92 Å². The van der Waals surface area contributed by atoms with Gasteiger partial charge in [-0.05, 0) is 5.92 Å². The van der Waals surface area contributed by atoms with E-state index in [2.05, 4.69) is 13.8 Å². The number of hydrogen-bond donors (Lipinski definition) is 0. The van der Waals surface area contributed by atoms with Crippen molar-refractivity contribution >= 4 is 25.9 Å². The van der Waals surface area contributed by atoms with E-state index in [4.69, 9.17) is 0 Å². The molecule has 6 heteroatoms. The minimum Gasteiger partial charge on any atom is -0.195 e. The fourth-order valence-electron chi connectivity index (χ4n) is 2.27. The summed E-state index contributed by atoms with van der Waals surface area (Å²) in [4.78, 5) is 0. The molecule has 0 bridgehead atoms. The molecule has 0 aliphatic heterocycles. The van der Waals surface area contributed by atoms with Gasteiger partial charge in [0.2, 0.25) is 0 Å². The maximum atomic E-state index is 13.3. The van der Waals surface area contributed by atoms with Crippen LogP contribution in [0.25, 0.3) is 0 Å². The van der Waals surface area contributed by atoms with Gasteiger partial charge >= 0.3 is 0 Å². The molecule has 0 saturated carbocycles. The Labute approximate surface area is 108 Å². The fourth-order valence-corrected chi connectivity index (χ4v) is 2.91. The predicted molar refractivity (Wildman–Crippen MR) is 77.2 cm³/mol. The topological polar surface area (TPSA) is 34.1 Å². The number of unbranched alkanes of at least 4 members (excludes halogenated alkanes) is 1. The molecule has 17 heavy (non-hydrogen) atoms. The normalized spacial score (nSPS) is 19.5. The summed E-state index contributed by atoms with van der Waals surface area (Å²) in [5, 5.41) is 0. The van der Waals surface area contributed by atoms with Crippen LogP contribution in [0.4, 0.5) is 3.89 Å². The minimum atomic E-state index is -4.49. The first-order chi connectivity index (χ1) is 7.68.